The second kappa shape index (κ2) is 8.00. The van der Waals surface area contributed by atoms with Gasteiger partial charge in [-0.3, -0.25) is 9.59 Å². The van der Waals surface area contributed by atoms with E-state index in [0.717, 1.165) is 4.90 Å². The SMILES string of the molecule is N[C@H]1CS(=O)(=O)c2ccc(C(=O)CC3CC(F)(F)C3)cc2N(Cc2ccccc2F)C1=O. The summed E-state index contributed by atoms with van der Waals surface area (Å²) < 4.78 is 66.1. The first-order valence-electron chi connectivity index (χ1n) is 10.0. The fourth-order valence-electron chi connectivity index (χ4n) is 4.15. The number of hydrogen-bond acceptors (Lipinski definition) is 5. The van der Waals surface area contributed by atoms with Crippen LogP contribution in [0.3, 0.4) is 0 Å². The maximum Gasteiger partial charge on any atom is 0.248 e. The van der Waals surface area contributed by atoms with Gasteiger partial charge in [-0.25, -0.2) is 21.6 Å². The van der Waals surface area contributed by atoms with Crippen molar-refractivity contribution in [2.75, 3.05) is 10.7 Å². The van der Waals surface area contributed by atoms with Crippen molar-refractivity contribution in [2.45, 2.75) is 42.7 Å². The fourth-order valence-corrected chi connectivity index (χ4v) is 5.71. The molecule has 2 N–H and O–H groups in total. The molecule has 0 bridgehead atoms. The van der Waals surface area contributed by atoms with Crippen LogP contribution >= 0.6 is 0 Å². The smallest absolute Gasteiger partial charge is 0.248 e. The number of anilines is 1. The summed E-state index contributed by atoms with van der Waals surface area (Å²) in [7, 11) is -3.96. The minimum absolute atomic E-state index is 0.0732. The second-order valence-corrected chi connectivity index (χ2v) is 10.3. The number of alkyl halides is 2. The summed E-state index contributed by atoms with van der Waals surface area (Å²) >= 11 is 0. The highest BCUT2D eigenvalue weighted by molar-refractivity contribution is 7.91. The number of ketones is 1. The molecule has 2 aromatic rings. The minimum Gasteiger partial charge on any atom is -0.319 e. The van der Waals surface area contributed by atoms with Gasteiger partial charge in [0.1, 0.15) is 5.82 Å². The average molecular weight is 466 g/mol. The molecule has 1 fully saturated rings. The second-order valence-electron chi connectivity index (χ2n) is 8.34. The molecule has 0 saturated heterocycles. The Labute approximate surface area is 183 Å². The fraction of sp³-hybridized carbons (Fsp3) is 0.364. The van der Waals surface area contributed by atoms with Crippen molar-refractivity contribution in [3.63, 3.8) is 0 Å². The third-order valence-corrected chi connectivity index (χ3v) is 7.64. The molecule has 6 nitrogen and oxygen atoms in total. The van der Waals surface area contributed by atoms with E-state index >= 15 is 0 Å². The van der Waals surface area contributed by atoms with Gasteiger partial charge in [0.15, 0.2) is 15.6 Å². The number of sulfone groups is 1. The number of nitrogens with two attached hydrogens (primary N) is 1. The molecule has 0 unspecified atom stereocenters. The molecule has 2 aromatic carbocycles. The highest BCUT2D eigenvalue weighted by Gasteiger charge is 2.46. The molecule has 4 rings (SSSR count). The molecule has 170 valence electrons. The van der Waals surface area contributed by atoms with Crippen molar-refractivity contribution in [2.24, 2.45) is 11.7 Å². The van der Waals surface area contributed by atoms with Crippen molar-refractivity contribution < 1.29 is 31.2 Å². The van der Waals surface area contributed by atoms with E-state index in [1.807, 2.05) is 0 Å². The van der Waals surface area contributed by atoms with Gasteiger partial charge in [-0.2, -0.15) is 0 Å². The molecule has 1 saturated carbocycles. The molecular weight excluding hydrogens is 445 g/mol. The van der Waals surface area contributed by atoms with Crippen LogP contribution in [0.4, 0.5) is 18.9 Å². The van der Waals surface area contributed by atoms with E-state index in [-0.39, 0.29) is 47.5 Å². The molecule has 32 heavy (non-hydrogen) atoms. The number of Topliss-reactive ketones (excluding diaryl/α,β-unsaturated/α-hetero) is 1. The van der Waals surface area contributed by atoms with Crippen LogP contribution < -0.4 is 10.6 Å². The van der Waals surface area contributed by atoms with E-state index < -0.39 is 51.0 Å². The van der Waals surface area contributed by atoms with Gasteiger partial charge in [-0.1, -0.05) is 18.2 Å². The van der Waals surface area contributed by atoms with Crippen LogP contribution in [0.25, 0.3) is 0 Å². The number of carbonyl (C=O) groups is 2. The zero-order valence-electron chi connectivity index (χ0n) is 16.9. The molecule has 0 aromatic heterocycles. The van der Waals surface area contributed by atoms with Crippen molar-refractivity contribution in [1.29, 1.82) is 0 Å². The summed E-state index contributed by atoms with van der Waals surface area (Å²) in [5, 5.41) is 0. The number of carbonyl (C=O) groups excluding carboxylic acids is 2. The van der Waals surface area contributed by atoms with Gasteiger partial charge in [-0.05, 0) is 30.2 Å². The lowest BCUT2D eigenvalue weighted by molar-refractivity contribution is -0.119. The molecule has 1 amide bonds. The number of rotatable bonds is 5. The number of hydrogen-bond donors (Lipinski definition) is 1. The van der Waals surface area contributed by atoms with E-state index in [1.165, 1.54) is 36.4 Å². The van der Waals surface area contributed by atoms with Gasteiger partial charge in [0.25, 0.3) is 0 Å². The van der Waals surface area contributed by atoms with E-state index in [2.05, 4.69) is 0 Å². The van der Waals surface area contributed by atoms with Gasteiger partial charge < -0.3 is 10.6 Å². The topological polar surface area (TPSA) is 97.5 Å². The van der Waals surface area contributed by atoms with Gasteiger partial charge in [-0.15, -0.1) is 0 Å². The molecule has 2 aliphatic rings. The standard InChI is InChI=1S/C22H21F3N2O4S/c23-16-4-2-1-3-15(16)11-27-18-8-14(19(28)7-13-9-22(24,25)10-13)5-6-20(18)32(30,31)12-17(26)21(27)29/h1-6,8,13,17H,7,9-12,26H2/t17-/m0/s1. The molecule has 10 heteroatoms. The summed E-state index contributed by atoms with van der Waals surface area (Å²) in [6.07, 6.45) is -0.850. The normalized spacial score (nSPS) is 22.1. The molecule has 0 radical (unpaired) electrons. The lowest BCUT2D eigenvalue weighted by Crippen LogP contribution is -2.45. The van der Waals surface area contributed by atoms with Crippen LogP contribution in [0.2, 0.25) is 0 Å². The highest BCUT2D eigenvalue weighted by Crippen LogP contribution is 2.44. The van der Waals surface area contributed by atoms with Crippen molar-refractivity contribution >= 4 is 27.2 Å². The minimum atomic E-state index is -3.96. The number of nitrogens with zero attached hydrogens (tertiary/aromatic N) is 1. The zero-order valence-corrected chi connectivity index (χ0v) is 17.7. The molecular formula is C22H21F3N2O4S. The van der Waals surface area contributed by atoms with Crippen molar-refractivity contribution in [1.82, 2.24) is 0 Å². The quantitative estimate of drug-likeness (QED) is 0.683. The lowest BCUT2D eigenvalue weighted by Gasteiger charge is -2.34. The predicted molar refractivity (Wildman–Crippen MR) is 111 cm³/mol. The Kier molecular flexibility index (Phi) is 5.62. The number of benzene rings is 2. The largest absolute Gasteiger partial charge is 0.319 e. The Morgan fingerprint density at radius 2 is 1.84 bits per heavy atom. The Balaban J connectivity index is 1.73. The van der Waals surface area contributed by atoms with Crippen LogP contribution in [0.1, 0.15) is 35.2 Å². The molecule has 1 atom stereocenters. The Hall–Kier alpha value is -2.72. The molecule has 1 aliphatic carbocycles. The van der Waals surface area contributed by atoms with Crippen LogP contribution in [0, 0.1) is 11.7 Å². The first-order chi connectivity index (χ1) is 15.0. The number of halogens is 3. The molecule has 1 heterocycles. The zero-order chi connectivity index (χ0) is 23.3. The van der Waals surface area contributed by atoms with Crippen molar-refractivity contribution in [3.05, 3.63) is 59.4 Å². The van der Waals surface area contributed by atoms with Crippen molar-refractivity contribution in [3.8, 4) is 0 Å². The Morgan fingerprint density at radius 1 is 1.16 bits per heavy atom. The monoisotopic (exact) mass is 466 g/mol. The lowest BCUT2D eigenvalue weighted by atomic mass is 9.77. The van der Waals surface area contributed by atoms with Gasteiger partial charge in [0.2, 0.25) is 11.8 Å². The maximum absolute atomic E-state index is 14.3. The van der Waals surface area contributed by atoms with E-state index in [1.54, 1.807) is 6.07 Å². The van der Waals surface area contributed by atoms with Crippen LogP contribution in [-0.2, 0) is 21.2 Å². The summed E-state index contributed by atoms with van der Waals surface area (Å²) in [6.45, 7) is -0.284. The first-order valence-corrected chi connectivity index (χ1v) is 11.7. The van der Waals surface area contributed by atoms with E-state index in [0.29, 0.717) is 0 Å². The molecule has 0 spiro atoms. The molecule has 1 aliphatic heterocycles. The third-order valence-electron chi connectivity index (χ3n) is 5.82. The number of fused-ring (bicyclic) bond motifs is 1. The van der Waals surface area contributed by atoms with E-state index in [4.69, 9.17) is 5.73 Å². The number of amides is 1. The van der Waals surface area contributed by atoms with Crippen LogP contribution in [0.5, 0.6) is 0 Å². The first kappa shape index (κ1) is 22.5. The van der Waals surface area contributed by atoms with Gasteiger partial charge in [0, 0.05) is 30.4 Å². The Bertz CT molecular complexity index is 1190. The van der Waals surface area contributed by atoms with Crippen LogP contribution in [0.15, 0.2) is 47.4 Å². The van der Waals surface area contributed by atoms with Crippen LogP contribution in [-0.4, -0.2) is 37.8 Å². The summed E-state index contributed by atoms with van der Waals surface area (Å²) in [4.78, 5) is 26.5. The Morgan fingerprint density at radius 3 is 2.50 bits per heavy atom. The third kappa shape index (κ3) is 4.29. The van der Waals surface area contributed by atoms with Gasteiger partial charge >= 0.3 is 0 Å². The highest BCUT2D eigenvalue weighted by atomic mass is 32.2. The summed E-state index contributed by atoms with van der Waals surface area (Å²) in [6, 6.07) is 8.13. The predicted octanol–water partition coefficient (Wildman–Crippen LogP) is 3.09. The maximum atomic E-state index is 14.3. The van der Waals surface area contributed by atoms with E-state index in [9.17, 15) is 31.2 Å². The summed E-state index contributed by atoms with van der Waals surface area (Å²) in [5.74, 6) is -5.58. The van der Waals surface area contributed by atoms with Gasteiger partial charge in [0.05, 0.1) is 28.9 Å². The summed E-state index contributed by atoms with van der Waals surface area (Å²) in [5.41, 5.74) is 5.99. The average Bonchev–Trinajstić information content (AvgIpc) is 2.76.